The molecular formula is C30H31NO7. The van der Waals surface area contributed by atoms with E-state index in [-0.39, 0.29) is 16.9 Å². The van der Waals surface area contributed by atoms with Crippen molar-refractivity contribution in [3.05, 3.63) is 82.4 Å². The average Bonchev–Trinajstić information content (AvgIpc) is 3.18. The van der Waals surface area contributed by atoms with Gasteiger partial charge in [0.1, 0.15) is 17.3 Å². The van der Waals surface area contributed by atoms with Gasteiger partial charge in [-0.1, -0.05) is 23.8 Å². The van der Waals surface area contributed by atoms with E-state index < -0.39 is 17.7 Å². The number of carbonyl (C=O) groups is 2. The molecule has 0 radical (unpaired) electrons. The summed E-state index contributed by atoms with van der Waals surface area (Å²) in [5, 5.41) is 11.6. The molecule has 8 nitrogen and oxygen atoms in total. The van der Waals surface area contributed by atoms with Crippen LogP contribution in [0.4, 0.5) is 5.69 Å². The number of benzene rings is 3. The highest BCUT2D eigenvalue weighted by atomic mass is 16.5. The van der Waals surface area contributed by atoms with Crippen LogP contribution in [-0.4, -0.2) is 44.7 Å². The normalized spacial score (nSPS) is 16.5. The summed E-state index contributed by atoms with van der Waals surface area (Å²) in [6.07, 6.45) is 0. The quantitative estimate of drug-likeness (QED) is 0.244. The molecule has 1 heterocycles. The van der Waals surface area contributed by atoms with Crippen molar-refractivity contribution >= 4 is 23.1 Å². The number of anilines is 1. The molecule has 3 aromatic carbocycles. The van der Waals surface area contributed by atoms with Crippen LogP contribution in [0.5, 0.6) is 23.0 Å². The lowest BCUT2D eigenvalue weighted by Gasteiger charge is -2.27. The fourth-order valence-corrected chi connectivity index (χ4v) is 4.75. The second-order valence-corrected chi connectivity index (χ2v) is 8.87. The SMILES string of the molecule is CCOc1cc(C2/C(=C(\O)c3cc(OC)ccc3OC)C(=O)C(=O)N2c2ccc(C)cc2C)ccc1OC. The summed E-state index contributed by atoms with van der Waals surface area (Å²) >= 11 is 0. The zero-order valence-electron chi connectivity index (χ0n) is 22.3. The minimum absolute atomic E-state index is 0.0749. The lowest BCUT2D eigenvalue weighted by molar-refractivity contribution is -0.132. The van der Waals surface area contributed by atoms with Gasteiger partial charge in [0.05, 0.1) is 45.1 Å². The third-order valence-electron chi connectivity index (χ3n) is 6.52. The second kappa shape index (κ2) is 10.9. The van der Waals surface area contributed by atoms with Crippen LogP contribution in [0.1, 0.15) is 35.2 Å². The summed E-state index contributed by atoms with van der Waals surface area (Å²) < 4.78 is 22.0. The second-order valence-electron chi connectivity index (χ2n) is 8.87. The highest BCUT2D eigenvalue weighted by molar-refractivity contribution is 6.51. The molecule has 1 aliphatic rings. The van der Waals surface area contributed by atoms with Crippen LogP contribution in [0.15, 0.2) is 60.2 Å². The molecule has 0 aliphatic carbocycles. The first kappa shape index (κ1) is 26.6. The molecule has 1 amide bonds. The first-order valence-electron chi connectivity index (χ1n) is 12.2. The van der Waals surface area contributed by atoms with E-state index in [2.05, 4.69) is 0 Å². The van der Waals surface area contributed by atoms with E-state index in [9.17, 15) is 14.7 Å². The Balaban J connectivity index is 2.03. The van der Waals surface area contributed by atoms with E-state index in [4.69, 9.17) is 18.9 Å². The van der Waals surface area contributed by atoms with Gasteiger partial charge in [0.15, 0.2) is 11.5 Å². The fraction of sp³-hybridized carbons (Fsp3) is 0.267. The molecule has 1 N–H and O–H groups in total. The Morgan fingerprint density at radius 3 is 2.21 bits per heavy atom. The number of hydrogen-bond acceptors (Lipinski definition) is 7. The Bertz CT molecular complexity index is 1430. The van der Waals surface area contributed by atoms with Gasteiger partial charge in [-0.25, -0.2) is 0 Å². The van der Waals surface area contributed by atoms with Crippen LogP contribution in [0, 0.1) is 13.8 Å². The topological polar surface area (TPSA) is 94.5 Å². The molecule has 1 unspecified atom stereocenters. The van der Waals surface area contributed by atoms with Crippen molar-refractivity contribution in [1.82, 2.24) is 0 Å². The van der Waals surface area contributed by atoms with E-state index >= 15 is 0 Å². The number of aliphatic hydroxyl groups excluding tert-OH is 1. The molecular weight excluding hydrogens is 486 g/mol. The molecule has 1 atom stereocenters. The van der Waals surface area contributed by atoms with Gasteiger partial charge < -0.3 is 24.1 Å². The molecule has 198 valence electrons. The van der Waals surface area contributed by atoms with Gasteiger partial charge >= 0.3 is 0 Å². The number of rotatable bonds is 8. The predicted molar refractivity (Wildman–Crippen MR) is 144 cm³/mol. The van der Waals surface area contributed by atoms with Gasteiger partial charge in [-0.3, -0.25) is 14.5 Å². The maximum absolute atomic E-state index is 13.6. The number of carbonyl (C=O) groups excluding carboxylic acids is 2. The molecule has 1 aliphatic heterocycles. The summed E-state index contributed by atoms with van der Waals surface area (Å²) in [5.41, 5.74) is 3.12. The van der Waals surface area contributed by atoms with E-state index in [0.29, 0.717) is 40.9 Å². The number of hydrogen-bond donors (Lipinski definition) is 1. The Hall–Kier alpha value is -4.46. The van der Waals surface area contributed by atoms with Crippen LogP contribution in [0.2, 0.25) is 0 Å². The van der Waals surface area contributed by atoms with E-state index in [0.717, 1.165) is 11.1 Å². The molecule has 1 saturated heterocycles. The van der Waals surface area contributed by atoms with E-state index in [1.54, 1.807) is 36.4 Å². The summed E-state index contributed by atoms with van der Waals surface area (Å²) in [7, 11) is 4.49. The Morgan fingerprint density at radius 1 is 0.868 bits per heavy atom. The highest BCUT2D eigenvalue weighted by Crippen LogP contribution is 2.46. The van der Waals surface area contributed by atoms with Crippen LogP contribution in [-0.2, 0) is 9.59 Å². The molecule has 0 aromatic heterocycles. The Morgan fingerprint density at radius 2 is 1.58 bits per heavy atom. The number of methoxy groups -OCH3 is 3. The largest absolute Gasteiger partial charge is 0.507 e. The molecule has 0 bridgehead atoms. The fourth-order valence-electron chi connectivity index (χ4n) is 4.75. The number of Topliss-reactive ketones (excluding diaryl/α,β-unsaturated/α-hetero) is 1. The van der Waals surface area contributed by atoms with Crippen molar-refractivity contribution < 1.29 is 33.6 Å². The summed E-state index contributed by atoms with van der Waals surface area (Å²) in [4.78, 5) is 28.6. The lowest BCUT2D eigenvalue weighted by Crippen LogP contribution is -2.30. The molecule has 3 aromatic rings. The van der Waals surface area contributed by atoms with E-state index in [1.807, 2.05) is 39.0 Å². The minimum atomic E-state index is -0.947. The standard InChI is InChI=1S/C30H31NO7/c1-7-38-25-15-19(9-12-24(25)37-6)27-26(28(32)21-16-20(35-4)10-13-23(21)36-5)29(33)30(34)31(27)22-11-8-17(2)14-18(22)3/h8-16,27,32H,7H2,1-6H3/b28-26+. The zero-order chi connectivity index (χ0) is 27.6. The van der Waals surface area contributed by atoms with Crippen molar-refractivity contribution in [3.8, 4) is 23.0 Å². The van der Waals surface area contributed by atoms with Gasteiger partial charge in [-0.2, -0.15) is 0 Å². The molecule has 38 heavy (non-hydrogen) atoms. The predicted octanol–water partition coefficient (Wildman–Crippen LogP) is 5.35. The summed E-state index contributed by atoms with van der Waals surface area (Å²) in [6.45, 7) is 6.07. The molecule has 4 rings (SSSR count). The van der Waals surface area contributed by atoms with Gasteiger partial charge in [0.25, 0.3) is 11.7 Å². The van der Waals surface area contributed by atoms with Crippen LogP contribution >= 0.6 is 0 Å². The zero-order valence-corrected chi connectivity index (χ0v) is 22.3. The third-order valence-corrected chi connectivity index (χ3v) is 6.52. The van der Waals surface area contributed by atoms with Crippen LogP contribution in [0.3, 0.4) is 0 Å². The van der Waals surface area contributed by atoms with Crippen molar-refractivity contribution in [2.75, 3.05) is 32.8 Å². The molecule has 0 saturated carbocycles. The van der Waals surface area contributed by atoms with Crippen LogP contribution in [0.25, 0.3) is 5.76 Å². The third kappa shape index (κ3) is 4.65. The molecule has 1 fully saturated rings. The Kier molecular flexibility index (Phi) is 7.62. The Labute approximate surface area is 222 Å². The number of nitrogens with zero attached hydrogens (tertiary/aromatic N) is 1. The minimum Gasteiger partial charge on any atom is -0.507 e. The number of aliphatic hydroxyl groups is 1. The smallest absolute Gasteiger partial charge is 0.300 e. The first-order valence-corrected chi connectivity index (χ1v) is 12.2. The van der Waals surface area contributed by atoms with Crippen LogP contribution < -0.4 is 23.8 Å². The lowest BCUT2D eigenvalue weighted by atomic mass is 9.94. The number of aryl methyl sites for hydroxylation is 2. The summed E-state index contributed by atoms with van der Waals surface area (Å²) in [5.74, 6) is -0.193. The first-order chi connectivity index (χ1) is 18.2. The number of ether oxygens (including phenoxy) is 4. The highest BCUT2D eigenvalue weighted by Gasteiger charge is 2.47. The van der Waals surface area contributed by atoms with Gasteiger partial charge in [-0.15, -0.1) is 0 Å². The van der Waals surface area contributed by atoms with Gasteiger partial charge in [0, 0.05) is 5.69 Å². The molecule has 8 heteroatoms. The van der Waals surface area contributed by atoms with Crippen molar-refractivity contribution in [2.24, 2.45) is 0 Å². The molecule has 0 spiro atoms. The van der Waals surface area contributed by atoms with Gasteiger partial charge in [-0.05, 0) is 68.3 Å². The van der Waals surface area contributed by atoms with Crippen molar-refractivity contribution in [1.29, 1.82) is 0 Å². The average molecular weight is 518 g/mol. The number of ketones is 1. The van der Waals surface area contributed by atoms with E-state index in [1.165, 1.54) is 26.2 Å². The summed E-state index contributed by atoms with van der Waals surface area (Å²) in [6, 6.07) is 14.8. The van der Waals surface area contributed by atoms with Crippen molar-refractivity contribution in [2.45, 2.75) is 26.8 Å². The maximum Gasteiger partial charge on any atom is 0.300 e. The maximum atomic E-state index is 13.6. The van der Waals surface area contributed by atoms with Crippen molar-refractivity contribution in [3.63, 3.8) is 0 Å². The number of amides is 1. The monoisotopic (exact) mass is 517 g/mol. The van der Waals surface area contributed by atoms with Gasteiger partial charge in [0.2, 0.25) is 0 Å².